The van der Waals surface area contributed by atoms with Crippen LogP contribution in [0.1, 0.15) is 73.1 Å². The lowest BCUT2D eigenvalue weighted by Gasteiger charge is -2.30. The lowest BCUT2D eigenvalue weighted by molar-refractivity contribution is 0.0945. The summed E-state index contributed by atoms with van der Waals surface area (Å²) in [4.78, 5) is 27.5. The molecular formula is C20H26ClNO2. The highest BCUT2D eigenvalue weighted by Gasteiger charge is 2.33. The summed E-state index contributed by atoms with van der Waals surface area (Å²) < 4.78 is 0. The highest BCUT2D eigenvalue weighted by Crippen LogP contribution is 2.31. The molecule has 0 heterocycles. The molecule has 0 aliphatic heterocycles. The SMILES string of the molecule is CCCCCN(CCCCC)C1=C(Cl)C(=O)c2ccccc2C1=O. The quantitative estimate of drug-likeness (QED) is 0.576. The molecule has 0 bridgehead atoms. The van der Waals surface area contributed by atoms with Crippen molar-refractivity contribution < 1.29 is 9.59 Å². The standard InChI is InChI=1S/C20H26ClNO2/c1-3-5-9-13-22(14-10-6-4-2)18-17(21)19(23)15-11-7-8-12-16(15)20(18)24/h7-8,11-12H,3-6,9-10,13-14H2,1-2H3. The largest absolute Gasteiger partial charge is 0.367 e. The van der Waals surface area contributed by atoms with Crippen LogP contribution in [0.25, 0.3) is 0 Å². The molecule has 0 N–H and O–H groups in total. The molecule has 2 rings (SSSR count). The van der Waals surface area contributed by atoms with Crippen LogP contribution < -0.4 is 0 Å². The predicted octanol–water partition coefficient (Wildman–Crippen LogP) is 5.20. The second-order valence-electron chi connectivity index (χ2n) is 6.27. The molecule has 0 fully saturated rings. The molecule has 130 valence electrons. The van der Waals surface area contributed by atoms with Crippen molar-refractivity contribution in [2.24, 2.45) is 0 Å². The molecule has 0 radical (unpaired) electrons. The van der Waals surface area contributed by atoms with Crippen LogP contribution in [0.2, 0.25) is 0 Å². The van der Waals surface area contributed by atoms with E-state index < -0.39 is 0 Å². The predicted molar refractivity (Wildman–Crippen MR) is 98.6 cm³/mol. The van der Waals surface area contributed by atoms with E-state index in [1.54, 1.807) is 24.3 Å². The number of carbonyl (C=O) groups is 2. The number of allylic oxidation sites excluding steroid dienone is 2. The van der Waals surface area contributed by atoms with Crippen LogP contribution in [-0.2, 0) is 0 Å². The lowest BCUT2D eigenvalue weighted by Crippen LogP contribution is -2.34. The summed E-state index contributed by atoms with van der Waals surface area (Å²) in [6.45, 7) is 5.84. The maximum atomic E-state index is 12.9. The zero-order valence-corrected chi connectivity index (χ0v) is 15.4. The minimum absolute atomic E-state index is 0.0756. The van der Waals surface area contributed by atoms with E-state index >= 15 is 0 Å². The van der Waals surface area contributed by atoms with E-state index in [9.17, 15) is 9.59 Å². The number of halogens is 1. The lowest BCUT2D eigenvalue weighted by atomic mass is 9.91. The number of carbonyl (C=O) groups excluding carboxylic acids is 2. The maximum Gasteiger partial charge on any atom is 0.211 e. The number of rotatable bonds is 9. The Balaban J connectivity index is 2.30. The average Bonchev–Trinajstić information content (AvgIpc) is 2.60. The van der Waals surface area contributed by atoms with Crippen LogP contribution in [0.15, 0.2) is 35.0 Å². The van der Waals surface area contributed by atoms with Crippen LogP contribution in [0.3, 0.4) is 0 Å². The minimum Gasteiger partial charge on any atom is -0.367 e. The van der Waals surface area contributed by atoms with Gasteiger partial charge in [-0.25, -0.2) is 0 Å². The Bertz CT molecular complexity index is 626. The van der Waals surface area contributed by atoms with E-state index in [-0.39, 0.29) is 16.6 Å². The third kappa shape index (κ3) is 4.07. The molecule has 1 aromatic rings. The fourth-order valence-corrected chi connectivity index (χ4v) is 3.36. The summed E-state index contributed by atoms with van der Waals surface area (Å²) in [5.41, 5.74) is 1.28. The molecule has 0 unspecified atom stereocenters. The van der Waals surface area contributed by atoms with Crippen molar-refractivity contribution in [3.8, 4) is 0 Å². The zero-order valence-electron chi connectivity index (χ0n) is 14.6. The van der Waals surface area contributed by atoms with Crippen molar-refractivity contribution in [1.82, 2.24) is 4.90 Å². The van der Waals surface area contributed by atoms with Gasteiger partial charge in [-0.3, -0.25) is 9.59 Å². The van der Waals surface area contributed by atoms with Crippen molar-refractivity contribution in [2.45, 2.75) is 52.4 Å². The van der Waals surface area contributed by atoms with Crippen molar-refractivity contribution in [3.63, 3.8) is 0 Å². The van der Waals surface area contributed by atoms with Crippen LogP contribution in [0.4, 0.5) is 0 Å². The Morgan fingerprint density at radius 1 is 0.833 bits per heavy atom. The summed E-state index contributed by atoms with van der Waals surface area (Å²) in [7, 11) is 0. The first-order chi connectivity index (χ1) is 11.6. The summed E-state index contributed by atoms with van der Waals surface area (Å²) in [6, 6.07) is 6.95. The van der Waals surface area contributed by atoms with E-state index in [4.69, 9.17) is 11.6 Å². The molecule has 24 heavy (non-hydrogen) atoms. The van der Waals surface area contributed by atoms with E-state index in [2.05, 4.69) is 13.8 Å². The normalized spacial score (nSPS) is 14.1. The Kier molecular flexibility index (Phi) is 7.04. The fourth-order valence-electron chi connectivity index (χ4n) is 3.06. The Morgan fingerprint density at radius 2 is 1.33 bits per heavy atom. The van der Waals surface area contributed by atoms with Gasteiger partial charge in [-0.05, 0) is 12.8 Å². The molecule has 0 amide bonds. The highest BCUT2D eigenvalue weighted by molar-refractivity contribution is 6.49. The number of nitrogens with zero attached hydrogens (tertiary/aromatic N) is 1. The van der Waals surface area contributed by atoms with E-state index in [1.807, 2.05) is 4.90 Å². The van der Waals surface area contributed by atoms with Crippen LogP contribution in [0.5, 0.6) is 0 Å². The first-order valence-corrected chi connectivity index (χ1v) is 9.32. The molecule has 1 aliphatic rings. The van der Waals surface area contributed by atoms with Gasteiger partial charge in [-0.2, -0.15) is 0 Å². The number of hydrogen-bond acceptors (Lipinski definition) is 3. The van der Waals surface area contributed by atoms with Gasteiger partial charge in [0.25, 0.3) is 0 Å². The van der Waals surface area contributed by atoms with Crippen LogP contribution in [-0.4, -0.2) is 29.6 Å². The second-order valence-corrected chi connectivity index (χ2v) is 6.65. The Labute approximate surface area is 149 Å². The molecule has 1 aromatic carbocycles. The fraction of sp³-hybridized carbons (Fsp3) is 0.500. The molecule has 0 spiro atoms. The average molecular weight is 348 g/mol. The van der Waals surface area contributed by atoms with E-state index in [1.165, 1.54) is 0 Å². The number of hydrogen-bond donors (Lipinski definition) is 0. The third-order valence-electron chi connectivity index (χ3n) is 4.42. The maximum absolute atomic E-state index is 12.9. The number of benzene rings is 1. The molecular weight excluding hydrogens is 322 g/mol. The molecule has 0 aromatic heterocycles. The van der Waals surface area contributed by atoms with Crippen LogP contribution >= 0.6 is 11.6 Å². The summed E-state index contributed by atoms with van der Waals surface area (Å²) in [5.74, 6) is -0.360. The van der Waals surface area contributed by atoms with Crippen molar-refractivity contribution in [2.75, 3.05) is 13.1 Å². The van der Waals surface area contributed by atoms with E-state index in [0.29, 0.717) is 16.8 Å². The third-order valence-corrected chi connectivity index (χ3v) is 4.77. The van der Waals surface area contributed by atoms with Gasteiger partial charge in [0, 0.05) is 24.2 Å². The topological polar surface area (TPSA) is 37.4 Å². The molecule has 0 saturated carbocycles. The monoisotopic (exact) mass is 347 g/mol. The second kappa shape index (κ2) is 9.03. The van der Waals surface area contributed by atoms with Gasteiger partial charge < -0.3 is 4.90 Å². The van der Waals surface area contributed by atoms with Gasteiger partial charge in [-0.1, -0.05) is 75.4 Å². The Hall–Kier alpha value is -1.61. The van der Waals surface area contributed by atoms with Crippen molar-refractivity contribution in [1.29, 1.82) is 0 Å². The smallest absolute Gasteiger partial charge is 0.211 e. The number of unbranched alkanes of at least 4 members (excludes halogenated alkanes) is 4. The molecule has 1 aliphatic carbocycles. The van der Waals surface area contributed by atoms with Gasteiger partial charge in [0.05, 0.1) is 0 Å². The summed E-state index contributed by atoms with van der Waals surface area (Å²) in [6.07, 6.45) is 6.44. The number of Topliss-reactive ketones (excluding diaryl/α,β-unsaturated/α-hetero) is 2. The highest BCUT2D eigenvalue weighted by atomic mass is 35.5. The molecule has 3 nitrogen and oxygen atoms in total. The minimum atomic E-state index is -0.238. The summed E-state index contributed by atoms with van der Waals surface area (Å²) in [5, 5.41) is 0.0756. The molecule has 0 saturated heterocycles. The van der Waals surface area contributed by atoms with Gasteiger partial charge in [0.15, 0.2) is 0 Å². The van der Waals surface area contributed by atoms with Gasteiger partial charge in [-0.15, -0.1) is 0 Å². The molecule has 0 atom stereocenters. The van der Waals surface area contributed by atoms with Gasteiger partial charge in [0.2, 0.25) is 11.6 Å². The summed E-state index contributed by atoms with van der Waals surface area (Å²) >= 11 is 6.34. The zero-order chi connectivity index (χ0) is 17.5. The van der Waals surface area contributed by atoms with E-state index in [0.717, 1.165) is 51.6 Å². The van der Waals surface area contributed by atoms with Crippen molar-refractivity contribution in [3.05, 3.63) is 46.1 Å². The Morgan fingerprint density at radius 3 is 1.83 bits per heavy atom. The molecule has 4 heteroatoms. The van der Waals surface area contributed by atoms with Crippen molar-refractivity contribution >= 4 is 23.2 Å². The first kappa shape index (κ1) is 18.7. The van der Waals surface area contributed by atoms with Crippen LogP contribution in [0, 0.1) is 0 Å². The van der Waals surface area contributed by atoms with Gasteiger partial charge in [0.1, 0.15) is 10.7 Å². The van der Waals surface area contributed by atoms with Gasteiger partial charge >= 0.3 is 0 Å². The number of fused-ring (bicyclic) bond motifs is 1. The number of ketones is 2. The first-order valence-electron chi connectivity index (χ1n) is 8.94.